The third-order valence-electron chi connectivity index (χ3n) is 3.29. The highest BCUT2D eigenvalue weighted by Crippen LogP contribution is 2.26. The second kappa shape index (κ2) is 6.94. The number of hydrogen-bond acceptors (Lipinski definition) is 3. The largest absolute Gasteiger partial charge is 0.398 e. The standard InChI is InChI=1S/C15H16Br2N2OS/c1-3-19(8-11-4-5-14(17)21-11)15(20)12-6-10(16)7-13(18)9(12)2/h4-7H,3,8,18H2,1-2H3. The van der Waals surface area contributed by atoms with Crippen molar-refractivity contribution in [1.29, 1.82) is 0 Å². The number of thiophene rings is 1. The van der Waals surface area contributed by atoms with E-state index in [1.54, 1.807) is 11.3 Å². The van der Waals surface area contributed by atoms with Crippen molar-refractivity contribution >= 4 is 54.8 Å². The molecule has 0 fully saturated rings. The maximum absolute atomic E-state index is 12.8. The Morgan fingerprint density at radius 1 is 1.33 bits per heavy atom. The van der Waals surface area contributed by atoms with Crippen LogP contribution in [0.3, 0.4) is 0 Å². The lowest BCUT2D eigenvalue weighted by atomic mass is 10.1. The summed E-state index contributed by atoms with van der Waals surface area (Å²) in [5.41, 5.74) is 8.06. The van der Waals surface area contributed by atoms with Gasteiger partial charge in [0.05, 0.1) is 10.3 Å². The molecule has 112 valence electrons. The van der Waals surface area contributed by atoms with Crippen LogP contribution in [0.2, 0.25) is 0 Å². The van der Waals surface area contributed by atoms with Crippen LogP contribution in [0, 0.1) is 6.92 Å². The van der Waals surface area contributed by atoms with Crippen molar-refractivity contribution in [2.75, 3.05) is 12.3 Å². The fourth-order valence-corrected chi connectivity index (χ4v) is 4.02. The van der Waals surface area contributed by atoms with Gasteiger partial charge in [0.25, 0.3) is 5.91 Å². The summed E-state index contributed by atoms with van der Waals surface area (Å²) in [6, 6.07) is 7.69. The molecule has 0 saturated heterocycles. The minimum absolute atomic E-state index is 0.00697. The molecule has 0 unspecified atom stereocenters. The molecule has 0 bridgehead atoms. The molecule has 6 heteroatoms. The normalized spacial score (nSPS) is 10.7. The summed E-state index contributed by atoms with van der Waals surface area (Å²) in [5.74, 6) is 0.00697. The van der Waals surface area contributed by atoms with E-state index in [0.717, 1.165) is 18.7 Å². The Morgan fingerprint density at radius 2 is 2.05 bits per heavy atom. The van der Waals surface area contributed by atoms with Gasteiger partial charge in [0.2, 0.25) is 0 Å². The molecule has 2 aromatic rings. The Bertz CT molecular complexity index is 670. The number of nitrogens with zero attached hydrogens (tertiary/aromatic N) is 1. The van der Waals surface area contributed by atoms with Gasteiger partial charge in [-0.1, -0.05) is 15.9 Å². The SMILES string of the molecule is CCN(Cc1ccc(Br)s1)C(=O)c1cc(Br)cc(N)c1C. The molecule has 0 saturated carbocycles. The summed E-state index contributed by atoms with van der Waals surface area (Å²) in [6.07, 6.45) is 0. The van der Waals surface area contributed by atoms with Crippen LogP contribution in [0.4, 0.5) is 5.69 Å². The van der Waals surface area contributed by atoms with Crippen molar-refractivity contribution in [1.82, 2.24) is 4.90 Å². The van der Waals surface area contributed by atoms with E-state index in [4.69, 9.17) is 5.73 Å². The summed E-state index contributed by atoms with van der Waals surface area (Å²) in [7, 11) is 0. The topological polar surface area (TPSA) is 46.3 Å². The zero-order valence-corrected chi connectivity index (χ0v) is 15.8. The van der Waals surface area contributed by atoms with E-state index in [-0.39, 0.29) is 5.91 Å². The van der Waals surface area contributed by atoms with E-state index in [1.807, 2.05) is 43.0 Å². The highest BCUT2D eigenvalue weighted by Gasteiger charge is 2.19. The van der Waals surface area contributed by atoms with Gasteiger partial charge in [-0.05, 0) is 59.6 Å². The number of rotatable bonds is 4. The predicted octanol–water partition coefficient (Wildman–Crippen LogP) is 4.83. The molecule has 0 aliphatic carbocycles. The number of hydrogen-bond donors (Lipinski definition) is 1. The molecule has 21 heavy (non-hydrogen) atoms. The van der Waals surface area contributed by atoms with Gasteiger partial charge in [-0.2, -0.15) is 0 Å². The van der Waals surface area contributed by atoms with Crippen molar-refractivity contribution in [2.45, 2.75) is 20.4 Å². The number of halogens is 2. The van der Waals surface area contributed by atoms with E-state index in [9.17, 15) is 4.79 Å². The Hall–Kier alpha value is -0.850. The first-order chi connectivity index (χ1) is 9.92. The summed E-state index contributed by atoms with van der Waals surface area (Å²) in [4.78, 5) is 15.7. The fourth-order valence-electron chi connectivity index (χ4n) is 2.04. The van der Waals surface area contributed by atoms with Gasteiger partial charge in [0.1, 0.15) is 0 Å². The van der Waals surface area contributed by atoms with Gasteiger partial charge in [-0.25, -0.2) is 0 Å². The third-order valence-corrected chi connectivity index (χ3v) is 5.35. The lowest BCUT2D eigenvalue weighted by Gasteiger charge is -2.22. The smallest absolute Gasteiger partial charge is 0.254 e. The van der Waals surface area contributed by atoms with Crippen LogP contribution in [0.5, 0.6) is 0 Å². The zero-order valence-electron chi connectivity index (χ0n) is 11.8. The Labute approximate surface area is 145 Å². The van der Waals surface area contributed by atoms with Crippen LogP contribution in [0.1, 0.15) is 27.7 Å². The molecular weight excluding hydrogens is 416 g/mol. The number of nitrogen functional groups attached to an aromatic ring is 1. The molecule has 0 atom stereocenters. The van der Waals surface area contributed by atoms with E-state index in [1.165, 1.54) is 0 Å². The highest BCUT2D eigenvalue weighted by molar-refractivity contribution is 9.11. The minimum atomic E-state index is 0.00697. The Morgan fingerprint density at radius 3 is 2.62 bits per heavy atom. The average Bonchev–Trinajstić information content (AvgIpc) is 2.85. The first-order valence-corrected chi connectivity index (χ1v) is 8.91. The molecule has 0 aliphatic heterocycles. The fraction of sp³-hybridized carbons (Fsp3) is 0.267. The van der Waals surface area contributed by atoms with Crippen LogP contribution < -0.4 is 5.73 Å². The van der Waals surface area contributed by atoms with Gasteiger partial charge in [0.15, 0.2) is 0 Å². The lowest BCUT2D eigenvalue weighted by Crippen LogP contribution is -2.30. The molecule has 1 amide bonds. The number of nitrogens with two attached hydrogens (primary N) is 1. The van der Waals surface area contributed by atoms with E-state index >= 15 is 0 Å². The molecule has 1 aromatic carbocycles. The maximum Gasteiger partial charge on any atom is 0.254 e. The number of benzene rings is 1. The number of carbonyl (C=O) groups is 1. The van der Waals surface area contributed by atoms with Crippen LogP contribution in [-0.2, 0) is 6.54 Å². The van der Waals surface area contributed by atoms with Gasteiger partial charge in [-0.3, -0.25) is 4.79 Å². The molecule has 0 radical (unpaired) electrons. The summed E-state index contributed by atoms with van der Waals surface area (Å²) >= 11 is 8.49. The number of amides is 1. The molecule has 1 heterocycles. The minimum Gasteiger partial charge on any atom is -0.398 e. The van der Waals surface area contributed by atoms with Crippen LogP contribution in [-0.4, -0.2) is 17.4 Å². The van der Waals surface area contributed by atoms with Crippen LogP contribution in [0.25, 0.3) is 0 Å². The average molecular weight is 432 g/mol. The van der Waals surface area contributed by atoms with Crippen molar-refractivity contribution in [3.05, 3.63) is 48.5 Å². The van der Waals surface area contributed by atoms with E-state index in [0.29, 0.717) is 24.3 Å². The predicted molar refractivity (Wildman–Crippen MR) is 95.7 cm³/mol. The van der Waals surface area contributed by atoms with Crippen molar-refractivity contribution in [3.63, 3.8) is 0 Å². The summed E-state index contributed by atoms with van der Waals surface area (Å²) in [6.45, 7) is 5.12. The van der Waals surface area contributed by atoms with Gasteiger partial charge >= 0.3 is 0 Å². The Kier molecular flexibility index (Phi) is 5.46. The number of anilines is 1. The first-order valence-electron chi connectivity index (χ1n) is 6.51. The molecule has 2 N–H and O–H groups in total. The summed E-state index contributed by atoms with van der Waals surface area (Å²) < 4.78 is 1.90. The lowest BCUT2D eigenvalue weighted by molar-refractivity contribution is 0.0753. The van der Waals surface area contributed by atoms with Crippen LogP contribution in [0.15, 0.2) is 32.5 Å². The molecular formula is C15H16Br2N2OS. The third kappa shape index (κ3) is 3.87. The molecule has 1 aromatic heterocycles. The molecule has 2 rings (SSSR count). The quantitative estimate of drug-likeness (QED) is 0.704. The van der Waals surface area contributed by atoms with Gasteiger partial charge in [-0.15, -0.1) is 11.3 Å². The van der Waals surface area contributed by atoms with Gasteiger partial charge < -0.3 is 10.6 Å². The zero-order chi connectivity index (χ0) is 15.6. The Balaban J connectivity index is 2.28. The van der Waals surface area contributed by atoms with E-state index < -0.39 is 0 Å². The maximum atomic E-state index is 12.8. The van der Waals surface area contributed by atoms with Gasteiger partial charge in [0, 0.05) is 27.1 Å². The molecule has 0 aliphatic rings. The van der Waals surface area contributed by atoms with Crippen molar-refractivity contribution < 1.29 is 4.79 Å². The number of carbonyl (C=O) groups excluding carboxylic acids is 1. The highest BCUT2D eigenvalue weighted by atomic mass is 79.9. The first kappa shape index (κ1) is 16.5. The van der Waals surface area contributed by atoms with Crippen molar-refractivity contribution in [3.8, 4) is 0 Å². The summed E-state index contributed by atoms with van der Waals surface area (Å²) in [5, 5.41) is 0. The van der Waals surface area contributed by atoms with Crippen molar-refractivity contribution in [2.24, 2.45) is 0 Å². The van der Waals surface area contributed by atoms with E-state index in [2.05, 4.69) is 31.9 Å². The monoisotopic (exact) mass is 430 g/mol. The second-order valence-corrected chi connectivity index (χ2v) is 8.16. The van der Waals surface area contributed by atoms with Crippen LogP contribution >= 0.6 is 43.2 Å². The molecule has 0 spiro atoms. The molecule has 3 nitrogen and oxygen atoms in total. The second-order valence-electron chi connectivity index (χ2n) is 4.69.